The Kier molecular flexibility index (Phi) is 3.43. The molecule has 0 saturated carbocycles. The quantitative estimate of drug-likeness (QED) is 0.677. The number of hydrogen-bond donors (Lipinski definition) is 2. The Hall–Kier alpha value is -3.42. The molecule has 1 aromatic heterocycles. The van der Waals surface area contributed by atoms with Crippen LogP contribution in [0.15, 0.2) is 48.5 Å². The maximum atomic E-state index is 12.9. The van der Waals surface area contributed by atoms with Crippen molar-refractivity contribution in [2.75, 3.05) is 10.6 Å². The molecule has 0 radical (unpaired) electrons. The molecule has 1 aliphatic heterocycles. The highest BCUT2D eigenvalue weighted by molar-refractivity contribution is 6.53. The zero-order chi connectivity index (χ0) is 18.5. The van der Waals surface area contributed by atoms with Gasteiger partial charge >= 0.3 is 6.18 Å². The van der Waals surface area contributed by atoms with Crippen molar-refractivity contribution < 1.29 is 22.8 Å². The van der Waals surface area contributed by atoms with E-state index in [0.29, 0.717) is 10.8 Å². The highest BCUT2D eigenvalue weighted by atomic mass is 19.4. The first-order chi connectivity index (χ1) is 12.3. The molecule has 8 heteroatoms. The molecule has 0 fully saturated rings. The third-order valence-corrected chi connectivity index (χ3v) is 4.03. The number of halogens is 3. The molecule has 26 heavy (non-hydrogen) atoms. The van der Waals surface area contributed by atoms with E-state index in [0.717, 1.165) is 12.1 Å². The predicted octanol–water partition coefficient (Wildman–Crippen LogP) is 4.13. The van der Waals surface area contributed by atoms with Crippen LogP contribution in [0.4, 0.5) is 30.5 Å². The topological polar surface area (TPSA) is 71.1 Å². The van der Waals surface area contributed by atoms with Crippen LogP contribution in [0.25, 0.3) is 10.8 Å². The van der Waals surface area contributed by atoms with Gasteiger partial charge in [-0.15, -0.1) is 0 Å². The third kappa shape index (κ3) is 2.55. The normalized spacial score (nSPS) is 13.7. The highest BCUT2D eigenvalue weighted by Crippen LogP contribution is 2.36. The molecule has 0 unspecified atom stereocenters. The summed E-state index contributed by atoms with van der Waals surface area (Å²) in [7, 11) is 0. The summed E-state index contributed by atoms with van der Waals surface area (Å²) in [5, 5.41) is 6.24. The van der Waals surface area contributed by atoms with E-state index in [1.165, 1.54) is 12.1 Å². The van der Waals surface area contributed by atoms with E-state index in [-0.39, 0.29) is 22.9 Å². The lowest BCUT2D eigenvalue weighted by Gasteiger charge is -2.13. The van der Waals surface area contributed by atoms with Crippen molar-refractivity contribution in [3.05, 3.63) is 59.7 Å². The number of pyridine rings is 1. The fraction of sp³-hybridized carbons (Fsp3) is 0.0556. The van der Waals surface area contributed by atoms with Crippen LogP contribution in [0.1, 0.15) is 15.9 Å². The summed E-state index contributed by atoms with van der Waals surface area (Å²) >= 11 is 0. The summed E-state index contributed by atoms with van der Waals surface area (Å²) in [6, 6.07) is 11.4. The largest absolute Gasteiger partial charge is 0.416 e. The Morgan fingerprint density at radius 2 is 1.69 bits per heavy atom. The van der Waals surface area contributed by atoms with Crippen molar-refractivity contribution in [1.29, 1.82) is 0 Å². The van der Waals surface area contributed by atoms with Crippen molar-refractivity contribution in [1.82, 2.24) is 4.98 Å². The number of benzene rings is 2. The summed E-state index contributed by atoms with van der Waals surface area (Å²) in [5.74, 6) is -1.13. The number of alkyl halides is 3. The first-order valence-electron chi connectivity index (χ1n) is 7.57. The lowest BCUT2D eigenvalue weighted by molar-refractivity contribution is -0.137. The Labute approximate surface area is 144 Å². The van der Waals surface area contributed by atoms with E-state index >= 15 is 0 Å². The molecule has 0 spiro atoms. The highest BCUT2D eigenvalue weighted by Gasteiger charge is 2.33. The molecule has 0 atom stereocenters. The average molecular weight is 357 g/mol. The van der Waals surface area contributed by atoms with E-state index in [2.05, 4.69) is 15.6 Å². The molecule has 2 N–H and O–H groups in total. The summed E-state index contributed by atoms with van der Waals surface area (Å²) in [6.45, 7) is 0. The molecule has 4 rings (SSSR count). The van der Waals surface area contributed by atoms with Gasteiger partial charge in [-0.2, -0.15) is 13.2 Å². The fourth-order valence-corrected chi connectivity index (χ4v) is 2.87. The van der Waals surface area contributed by atoms with Gasteiger partial charge in [-0.1, -0.05) is 30.3 Å². The van der Waals surface area contributed by atoms with Crippen molar-refractivity contribution in [2.45, 2.75) is 6.18 Å². The van der Waals surface area contributed by atoms with Crippen LogP contribution in [0, 0.1) is 0 Å². The molecule has 1 aliphatic rings. The van der Waals surface area contributed by atoms with Crippen molar-refractivity contribution in [2.24, 2.45) is 0 Å². The first kappa shape index (κ1) is 16.1. The summed E-state index contributed by atoms with van der Waals surface area (Å²) in [5.41, 5.74) is -0.440. The minimum absolute atomic E-state index is 0.0909. The van der Waals surface area contributed by atoms with Crippen molar-refractivity contribution >= 4 is 39.8 Å². The van der Waals surface area contributed by atoms with Gasteiger partial charge < -0.3 is 10.6 Å². The van der Waals surface area contributed by atoms with Crippen LogP contribution in [0.3, 0.4) is 0 Å². The number of carbonyl (C=O) groups is 2. The minimum atomic E-state index is -4.47. The molecule has 0 saturated heterocycles. The van der Waals surface area contributed by atoms with Gasteiger partial charge in [0.25, 0.3) is 11.7 Å². The van der Waals surface area contributed by atoms with E-state index in [9.17, 15) is 22.8 Å². The number of anilines is 3. The number of aromatic nitrogens is 1. The molecule has 130 valence electrons. The van der Waals surface area contributed by atoms with Gasteiger partial charge in [-0.25, -0.2) is 4.98 Å². The minimum Gasteiger partial charge on any atom is -0.340 e. The Morgan fingerprint density at radius 3 is 2.42 bits per heavy atom. The van der Waals surface area contributed by atoms with Crippen LogP contribution in [0.2, 0.25) is 0 Å². The molecule has 2 aromatic carbocycles. The fourth-order valence-electron chi connectivity index (χ4n) is 2.87. The number of rotatable bonds is 2. The summed E-state index contributed by atoms with van der Waals surface area (Å²) in [4.78, 5) is 27.9. The van der Waals surface area contributed by atoms with Gasteiger partial charge in [0.1, 0.15) is 11.6 Å². The molecule has 0 bridgehead atoms. The zero-order valence-electron chi connectivity index (χ0n) is 13.0. The van der Waals surface area contributed by atoms with Gasteiger partial charge in [0.05, 0.1) is 11.1 Å². The second kappa shape index (κ2) is 5.55. The molecule has 5 nitrogen and oxygen atoms in total. The number of nitrogens with one attached hydrogen (secondary N) is 2. The molecule has 0 aliphatic carbocycles. The maximum Gasteiger partial charge on any atom is 0.416 e. The van der Waals surface area contributed by atoms with Gasteiger partial charge in [0.2, 0.25) is 0 Å². The van der Waals surface area contributed by atoms with Crippen LogP contribution in [0.5, 0.6) is 0 Å². The van der Waals surface area contributed by atoms with Gasteiger partial charge in [-0.3, -0.25) is 9.59 Å². The Bertz CT molecular complexity index is 1080. The van der Waals surface area contributed by atoms with E-state index in [1.54, 1.807) is 24.3 Å². The van der Waals surface area contributed by atoms with E-state index < -0.39 is 23.4 Å². The number of nitrogens with zero attached hydrogens (tertiary/aromatic N) is 1. The molecule has 1 amide bonds. The second-order valence-corrected chi connectivity index (χ2v) is 5.72. The van der Waals surface area contributed by atoms with Crippen LogP contribution < -0.4 is 10.6 Å². The van der Waals surface area contributed by atoms with Crippen molar-refractivity contribution in [3.8, 4) is 0 Å². The number of hydrogen-bond acceptors (Lipinski definition) is 4. The van der Waals surface area contributed by atoms with Gasteiger partial charge in [0.15, 0.2) is 0 Å². The smallest absolute Gasteiger partial charge is 0.340 e. The third-order valence-electron chi connectivity index (χ3n) is 4.03. The average Bonchev–Trinajstić information content (AvgIpc) is 2.89. The predicted molar refractivity (Wildman–Crippen MR) is 89.4 cm³/mol. The maximum absolute atomic E-state index is 12.9. The number of amides is 1. The Balaban J connectivity index is 1.84. The summed E-state index contributed by atoms with van der Waals surface area (Å²) < 4.78 is 38.7. The van der Waals surface area contributed by atoms with E-state index in [1.807, 2.05) is 0 Å². The van der Waals surface area contributed by atoms with Crippen molar-refractivity contribution in [3.63, 3.8) is 0 Å². The molecular formula is C18H10F3N3O2. The monoisotopic (exact) mass is 357 g/mol. The zero-order valence-corrected chi connectivity index (χ0v) is 13.0. The number of Topliss-reactive ketones (excluding diaryl/α,β-unsaturated/α-hetero) is 1. The van der Waals surface area contributed by atoms with E-state index in [4.69, 9.17) is 0 Å². The van der Waals surface area contributed by atoms with Crippen LogP contribution in [-0.4, -0.2) is 16.7 Å². The Morgan fingerprint density at radius 1 is 0.962 bits per heavy atom. The number of carbonyl (C=O) groups excluding carboxylic acids is 2. The number of ketones is 1. The first-order valence-corrected chi connectivity index (χ1v) is 7.57. The van der Waals surface area contributed by atoms with Crippen LogP contribution >= 0.6 is 0 Å². The van der Waals surface area contributed by atoms with Crippen LogP contribution in [-0.2, 0) is 11.0 Å². The molecular weight excluding hydrogens is 347 g/mol. The summed E-state index contributed by atoms with van der Waals surface area (Å²) in [6.07, 6.45) is -4.47. The second-order valence-electron chi connectivity index (χ2n) is 5.72. The SMILES string of the molecule is O=C1Nc2nc(Nc3cccc(C(F)(F)F)c3)c3ccccc3c2C1=O. The standard InChI is InChI=1S/C18H10F3N3O2/c19-18(20,21)9-4-3-5-10(8-9)22-15-12-7-2-1-6-11(12)13-14(25)17(26)24-16(13)23-15/h1-8H,(H2,22,23,24,25,26). The lowest BCUT2D eigenvalue weighted by Crippen LogP contribution is -2.12. The molecule has 2 heterocycles. The van der Waals surface area contributed by atoms with Gasteiger partial charge in [0, 0.05) is 16.5 Å². The van der Waals surface area contributed by atoms with Gasteiger partial charge in [-0.05, 0) is 18.2 Å². The lowest BCUT2D eigenvalue weighted by atomic mass is 10.0. The number of fused-ring (bicyclic) bond motifs is 3. The molecule has 3 aromatic rings.